The molecule has 0 saturated heterocycles. The van der Waals surface area contributed by atoms with E-state index in [0.717, 1.165) is 37.7 Å². The van der Waals surface area contributed by atoms with E-state index < -0.39 is 4.92 Å². The minimum absolute atomic E-state index is 0.109. The summed E-state index contributed by atoms with van der Waals surface area (Å²) in [6.45, 7) is 0.501. The summed E-state index contributed by atoms with van der Waals surface area (Å²) in [6, 6.07) is 6.61. The average molecular weight is 264 g/mol. The Kier molecular flexibility index (Phi) is 4.17. The Balaban J connectivity index is 1.99. The fourth-order valence-electron chi connectivity index (χ4n) is 2.93. The molecule has 104 valence electrons. The van der Waals surface area contributed by atoms with Crippen LogP contribution < -0.4 is 5.73 Å². The minimum Gasteiger partial charge on any atom is -0.393 e. The molecule has 0 amide bonds. The number of aliphatic hydroxyl groups is 1. The van der Waals surface area contributed by atoms with Crippen LogP contribution in [0, 0.1) is 15.5 Å². The molecule has 0 radical (unpaired) electrons. The highest BCUT2D eigenvalue weighted by atomic mass is 16.6. The van der Waals surface area contributed by atoms with E-state index >= 15 is 0 Å². The number of aryl methyl sites for hydroxylation is 1. The highest BCUT2D eigenvalue weighted by Crippen LogP contribution is 2.41. The van der Waals surface area contributed by atoms with E-state index in [2.05, 4.69) is 0 Å². The van der Waals surface area contributed by atoms with Crippen LogP contribution in [0.3, 0.4) is 0 Å². The number of nitrogens with two attached hydrogens (primary N) is 1. The average Bonchev–Trinajstić information content (AvgIpc) is 2.79. The van der Waals surface area contributed by atoms with Crippen molar-refractivity contribution in [3.8, 4) is 0 Å². The molecule has 0 aromatic heterocycles. The summed E-state index contributed by atoms with van der Waals surface area (Å²) in [5.41, 5.74) is 6.84. The normalized spacial score (nSPS) is 26.5. The van der Waals surface area contributed by atoms with Crippen molar-refractivity contribution in [3.63, 3.8) is 0 Å². The summed E-state index contributed by atoms with van der Waals surface area (Å²) < 4.78 is 0. The molecule has 5 nitrogen and oxygen atoms in total. The molecule has 1 aliphatic rings. The largest absolute Gasteiger partial charge is 0.393 e. The molecule has 19 heavy (non-hydrogen) atoms. The van der Waals surface area contributed by atoms with Gasteiger partial charge in [0.1, 0.15) is 0 Å². The van der Waals surface area contributed by atoms with Gasteiger partial charge in [0.25, 0.3) is 5.69 Å². The lowest BCUT2D eigenvalue weighted by Gasteiger charge is -2.31. The molecule has 1 aromatic carbocycles. The summed E-state index contributed by atoms with van der Waals surface area (Å²) in [5.74, 6) is 0. The number of nitrogens with zero attached hydrogens (tertiary/aromatic N) is 1. The maximum Gasteiger partial charge on any atom is 0.269 e. The van der Waals surface area contributed by atoms with Gasteiger partial charge in [0.2, 0.25) is 0 Å². The summed E-state index contributed by atoms with van der Waals surface area (Å²) in [4.78, 5) is 10.2. The minimum atomic E-state index is -0.397. The molecule has 3 N–H and O–H groups in total. The van der Waals surface area contributed by atoms with Crippen molar-refractivity contribution in [1.29, 1.82) is 0 Å². The van der Waals surface area contributed by atoms with E-state index in [0.29, 0.717) is 6.54 Å². The summed E-state index contributed by atoms with van der Waals surface area (Å²) >= 11 is 0. The van der Waals surface area contributed by atoms with E-state index in [1.807, 2.05) is 0 Å². The first-order valence-corrected chi connectivity index (χ1v) is 6.69. The van der Waals surface area contributed by atoms with E-state index in [-0.39, 0.29) is 17.2 Å². The van der Waals surface area contributed by atoms with Crippen LogP contribution in [-0.2, 0) is 6.42 Å². The molecular formula is C14H20N2O3. The number of benzene rings is 1. The summed E-state index contributed by atoms with van der Waals surface area (Å²) in [6.07, 6.45) is 4.15. The van der Waals surface area contributed by atoms with Crippen molar-refractivity contribution >= 4 is 5.69 Å². The van der Waals surface area contributed by atoms with Gasteiger partial charge in [-0.05, 0) is 31.2 Å². The Morgan fingerprint density at radius 2 is 2.11 bits per heavy atom. The lowest BCUT2D eigenvalue weighted by atomic mass is 9.79. The summed E-state index contributed by atoms with van der Waals surface area (Å²) in [5, 5.41) is 20.6. The molecule has 0 aliphatic heterocycles. The molecule has 1 aliphatic carbocycles. The zero-order chi connectivity index (χ0) is 13.9. The topological polar surface area (TPSA) is 89.4 Å². The molecule has 2 rings (SSSR count). The van der Waals surface area contributed by atoms with E-state index in [4.69, 9.17) is 5.73 Å². The molecule has 0 spiro atoms. The summed E-state index contributed by atoms with van der Waals surface area (Å²) in [7, 11) is 0. The first-order chi connectivity index (χ1) is 9.07. The van der Waals surface area contributed by atoms with E-state index in [9.17, 15) is 15.2 Å². The van der Waals surface area contributed by atoms with E-state index in [1.54, 1.807) is 12.1 Å². The van der Waals surface area contributed by atoms with Crippen molar-refractivity contribution in [1.82, 2.24) is 0 Å². The van der Waals surface area contributed by atoms with Crippen LogP contribution in [0.2, 0.25) is 0 Å². The zero-order valence-corrected chi connectivity index (χ0v) is 10.9. The molecule has 5 heteroatoms. The molecular weight excluding hydrogens is 244 g/mol. The third kappa shape index (κ3) is 2.93. The van der Waals surface area contributed by atoms with Crippen molar-refractivity contribution in [2.45, 2.75) is 38.2 Å². The molecule has 1 fully saturated rings. The number of rotatable bonds is 5. The number of nitro benzene ring substituents is 1. The van der Waals surface area contributed by atoms with Gasteiger partial charge in [-0.1, -0.05) is 18.6 Å². The second kappa shape index (κ2) is 5.67. The quantitative estimate of drug-likeness (QED) is 0.629. The predicted molar refractivity (Wildman–Crippen MR) is 72.8 cm³/mol. The highest BCUT2D eigenvalue weighted by Gasteiger charge is 2.40. The Bertz CT molecular complexity index is 447. The van der Waals surface area contributed by atoms with Crippen LogP contribution >= 0.6 is 0 Å². The van der Waals surface area contributed by atoms with Crippen molar-refractivity contribution in [2.75, 3.05) is 6.54 Å². The lowest BCUT2D eigenvalue weighted by Crippen LogP contribution is -2.38. The maximum absolute atomic E-state index is 10.6. The first kappa shape index (κ1) is 14.0. The van der Waals surface area contributed by atoms with Gasteiger partial charge in [-0.15, -0.1) is 0 Å². The molecule has 0 bridgehead atoms. The number of non-ortho nitro benzene ring substituents is 1. The molecule has 1 aromatic rings. The van der Waals surface area contributed by atoms with Crippen molar-refractivity contribution in [2.24, 2.45) is 11.1 Å². The molecule has 2 atom stereocenters. The van der Waals surface area contributed by atoms with E-state index in [1.165, 1.54) is 12.1 Å². The molecule has 0 heterocycles. The fraction of sp³-hybridized carbons (Fsp3) is 0.571. The smallest absolute Gasteiger partial charge is 0.269 e. The van der Waals surface area contributed by atoms with Crippen LogP contribution in [0.1, 0.15) is 31.2 Å². The SMILES string of the molecule is NCC1(CCc2ccc([N+](=O)[O-])cc2)CCCC1O. The maximum atomic E-state index is 10.6. The van der Waals surface area contributed by atoms with Gasteiger partial charge in [0, 0.05) is 24.1 Å². The van der Waals surface area contributed by atoms with Gasteiger partial charge in [0.15, 0.2) is 0 Å². The Hall–Kier alpha value is -1.46. The van der Waals surface area contributed by atoms with Crippen LogP contribution in [0.5, 0.6) is 0 Å². The number of hydrogen-bond donors (Lipinski definition) is 2. The number of nitro groups is 1. The highest BCUT2D eigenvalue weighted by molar-refractivity contribution is 5.33. The first-order valence-electron chi connectivity index (χ1n) is 6.69. The predicted octanol–water partition coefficient (Wildman–Crippen LogP) is 2.02. The molecule has 1 saturated carbocycles. The third-order valence-electron chi connectivity index (χ3n) is 4.32. The molecule has 2 unspecified atom stereocenters. The van der Waals surface area contributed by atoms with Gasteiger partial charge in [-0.25, -0.2) is 0 Å². The second-order valence-electron chi connectivity index (χ2n) is 5.40. The second-order valence-corrected chi connectivity index (χ2v) is 5.40. The zero-order valence-electron chi connectivity index (χ0n) is 10.9. The Morgan fingerprint density at radius 1 is 1.42 bits per heavy atom. The van der Waals surface area contributed by atoms with Crippen molar-refractivity contribution < 1.29 is 10.0 Å². The van der Waals surface area contributed by atoms with Crippen LogP contribution in [0.15, 0.2) is 24.3 Å². The van der Waals surface area contributed by atoms with Gasteiger partial charge < -0.3 is 10.8 Å². The van der Waals surface area contributed by atoms with Crippen molar-refractivity contribution in [3.05, 3.63) is 39.9 Å². The lowest BCUT2D eigenvalue weighted by molar-refractivity contribution is -0.384. The Morgan fingerprint density at radius 3 is 2.58 bits per heavy atom. The standard InChI is InChI=1S/C14H20N2O3/c15-10-14(8-1-2-13(14)17)9-7-11-3-5-12(6-4-11)16(18)19/h3-6,13,17H,1-2,7-10,15H2. The fourth-order valence-corrected chi connectivity index (χ4v) is 2.93. The van der Waals surface area contributed by atoms with Gasteiger partial charge in [-0.3, -0.25) is 10.1 Å². The number of hydrogen-bond acceptors (Lipinski definition) is 4. The number of aliphatic hydroxyl groups excluding tert-OH is 1. The Labute approximate surface area is 112 Å². The van der Waals surface area contributed by atoms with Crippen LogP contribution in [-0.4, -0.2) is 22.7 Å². The van der Waals surface area contributed by atoms with Gasteiger partial charge in [-0.2, -0.15) is 0 Å². The third-order valence-corrected chi connectivity index (χ3v) is 4.32. The van der Waals surface area contributed by atoms with Crippen LogP contribution in [0.25, 0.3) is 0 Å². The van der Waals surface area contributed by atoms with Gasteiger partial charge >= 0.3 is 0 Å². The monoisotopic (exact) mass is 264 g/mol. The van der Waals surface area contributed by atoms with Gasteiger partial charge in [0.05, 0.1) is 11.0 Å². The van der Waals surface area contributed by atoms with Crippen LogP contribution in [0.4, 0.5) is 5.69 Å².